The first-order valence-electron chi connectivity index (χ1n) is 6.57. The molecule has 0 saturated carbocycles. The zero-order chi connectivity index (χ0) is 17.7. The van der Waals surface area contributed by atoms with Gasteiger partial charge >= 0.3 is 6.36 Å². The number of nitrogens with one attached hydrogen (secondary N) is 2. The third-order valence-electron chi connectivity index (χ3n) is 2.74. The highest BCUT2D eigenvalue weighted by atomic mass is 35.5. The van der Waals surface area contributed by atoms with E-state index in [1.54, 1.807) is 12.1 Å². The van der Waals surface area contributed by atoms with Crippen LogP contribution in [-0.2, 0) is 4.79 Å². The number of anilines is 2. The Labute approximate surface area is 145 Å². The normalized spacial score (nSPS) is 11.0. The van der Waals surface area contributed by atoms with E-state index in [2.05, 4.69) is 15.4 Å². The number of ether oxygens (including phenoxy) is 1. The molecular weight excluding hydrogens is 368 g/mol. The second-order valence-electron chi connectivity index (χ2n) is 4.60. The van der Waals surface area contributed by atoms with Gasteiger partial charge in [0, 0.05) is 10.7 Å². The van der Waals surface area contributed by atoms with Gasteiger partial charge in [-0.05, 0) is 42.5 Å². The van der Waals surface area contributed by atoms with E-state index in [9.17, 15) is 18.0 Å². The summed E-state index contributed by atoms with van der Waals surface area (Å²) in [6.07, 6.45) is -4.74. The van der Waals surface area contributed by atoms with Crippen LogP contribution in [0.4, 0.5) is 24.5 Å². The average Bonchev–Trinajstić information content (AvgIpc) is 2.49. The van der Waals surface area contributed by atoms with Crippen LogP contribution in [-0.4, -0.2) is 18.8 Å². The Morgan fingerprint density at radius 2 is 1.75 bits per heavy atom. The van der Waals surface area contributed by atoms with Gasteiger partial charge in [-0.3, -0.25) is 4.79 Å². The molecular formula is C15H11Cl2F3N2O2. The van der Waals surface area contributed by atoms with E-state index >= 15 is 0 Å². The molecule has 0 bridgehead atoms. The van der Waals surface area contributed by atoms with E-state index in [0.717, 1.165) is 12.1 Å². The lowest BCUT2D eigenvalue weighted by Gasteiger charge is -2.11. The average molecular weight is 379 g/mol. The number of benzene rings is 2. The highest BCUT2D eigenvalue weighted by Crippen LogP contribution is 2.26. The van der Waals surface area contributed by atoms with Crippen LogP contribution in [0.25, 0.3) is 0 Å². The van der Waals surface area contributed by atoms with Crippen molar-refractivity contribution in [2.45, 2.75) is 6.36 Å². The zero-order valence-corrected chi connectivity index (χ0v) is 13.5. The fourth-order valence-electron chi connectivity index (χ4n) is 1.74. The van der Waals surface area contributed by atoms with Crippen molar-refractivity contribution in [3.8, 4) is 5.75 Å². The number of rotatable bonds is 5. The van der Waals surface area contributed by atoms with Crippen LogP contribution < -0.4 is 15.4 Å². The smallest absolute Gasteiger partial charge is 0.406 e. The Morgan fingerprint density at radius 3 is 2.38 bits per heavy atom. The van der Waals surface area contributed by atoms with E-state index in [1.807, 2.05) is 0 Å². The minimum atomic E-state index is -4.74. The molecule has 0 aromatic heterocycles. The first kappa shape index (κ1) is 18.2. The molecule has 2 rings (SSSR count). The quantitative estimate of drug-likeness (QED) is 0.774. The predicted molar refractivity (Wildman–Crippen MR) is 86.7 cm³/mol. The third kappa shape index (κ3) is 5.82. The van der Waals surface area contributed by atoms with E-state index in [1.165, 1.54) is 18.2 Å². The minimum Gasteiger partial charge on any atom is -0.406 e. The number of alkyl halides is 3. The maximum Gasteiger partial charge on any atom is 0.573 e. The molecule has 128 valence electrons. The maximum atomic E-state index is 12.1. The van der Waals surface area contributed by atoms with E-state index < -0.39 is 12.3 Å². The third-order valence-corrected chi connectivity index (χ3v) is 3.31. The molecule has 0 radical (unpaired) electrons. The van der Waals surface area contributed by atoms with Gasteiger partial charge < -0.3 is 15.4 Å². The molecule has 0 unspecified atom stereocenters. The molecule has 0 atom stereocenters. The topological polar surface area (TPSA) is 50.4 Å². The van der Waals surface area contributed by atoms with Crippen molar-refractivity contribution in [2.75, 3.05) is 17.2 Å². The molecule has 2 N–H and O–H groups in total. The predicted octanol–water partition coefficient (Wildman–Crippen LogP) is 4.94. The molecule has 4 nitrogen and oxygen atoms in total. The van der Waals surface area contributed by atoms with Crippen molar-refractivity contribution in [1.29, 1.82) is 0 Å². The summed E-state index contributed by atoms with van der Waals surface area (Å²) >= 11 is 11.7. The summed E-state index contributed by atoms with van der Waals surface area (Å²) < 4.78 is 39.9. The molecule has 9 heteroatoms. The van der Waals surface area contributed by atoms with Gasteiger partial charge in [0.05, 0.1) is 17.3 Å². The number of hydrogen-bond donors (Lipinski definition) is 2. The molecule has 0 aliphatic rings. The number of hydrogen-bond acceptors (Lipinski definition) is 3. The number of halogens is 5. The van der Waals surface area contributed by atoms with Crippen molar-refractivity contribution in [2.24, 2.45) is 0 Å². The highest BCUT2D eigenvalue weighted by molar-refractivity contribution is 6.35. The number of amides is 1. The first-order valence-corrected chi connectivity index (χ1v) is 7.33. The van der Waals surface area contributed by atoms with Crippen LogP contribution in [0, 0.1) is 0 Å². The minimum absolute atomic E-state index is 0.109. The Balaban J connectivity index is 1.88. The first-order chi connectivity index (χ1) is 11.2. The van der Waals surface area contributed by atoms with Gasteiger partial charge in [-0.1, -0.05) is 23.2 Å². The summed E-state index contributed by atoms with van der Waals surface area (Å²) in [4.78, 5) is 11.9. The lowest BCUT2D eigenvalue weighted by atomic mass is 10.3. The molecule has 0 fully saturated rings. The van der Waals surface area contributed by atoms with Crippen molar-refractivity contribution < 1.29 is 22.7 Å². The van der Waals surface area contributed by atoms with E-state index in [4.69, 9.17) is 23.2 Å². The van der Waals surface area contributed by atoms with Crippen molar-refractivity contribution >= 4 is 40.5 Å². The largest absolute Gasteiger partial charge is 0.573 e. The SMILES string of the molecule is O=C(CNc1ccc(OC(F)(F)F)cc1)Nc1cc(Cl)ccc1Cl. The summed E-state index contributed by atoms with van der Waals surface area (Å²) in [6.45, 7) is -0.109. The molecule has 0 heterocycles. The van der Waals surface area contributed by atoms with E-state index in [0.29, 0.717) is 21.4 Å². The van der Waals surface area contributed by atoms with Crippen LogP contribution in [0.1, 0.15) is 0 Å². The Hall–Kier alpha value is -2.12. The Kier molecular flexibility index (Phi) is 5.80. The van der Waals surface area contributed by atoms with E-state index in [-0.39, 0.29) is 12.3 Å². The van der Waals surface area contributed by atoms with Crippen molar-refractivity contribution in [3.05, 3.63) is 52.5 Å². The lowest BCUT2D eigenvalue weighted by molar-refractivity contribution is -0.274. The molecule has 0 aliphatic heterocycles. The molecule has 24 heavy (non-hydrogen) atoms. The Bertz CT molecular complexity index is 722. The summed E-state index contributed by atoms with van der Waals surface area (Å²) in [6, 6.07) is 9.64. The molecule has 0 saturated heterocycles. The molecule has 0 spiro atoms. The van der Waals surface area contributed by atoms with Gasteiger partial charge in [0.1, 0.15) is 5.75 Å². The summed E-state index contributed by atoms with van der Waals surface area (Å²) in [5, 5.41) is 6.09. The van der Waals surface area contributed by atoms with Crippen LogP contribution in [0.3, 0.4) is 0 Å². The number of carbonyl (C=O) groups is 1. The fourth-order valence-corrected chi connectivity index (χ4v) is 2.08. The van der Waals surface area contributed by atoms with Crippen LogP contribution in [0.2, 0.25) is 10.0 Å². The Morgan fingerprint density at radius 1 is 1.08 bits per heavy atom. The monoisotopic (exact) mass is 378 g/mol. The zero-order valence-electron chi connectivity index (χ0n) is 12.0. The standard InChI is InChI=1S/C15H11Cl2F3N2O2/c16-9-1-6-12(17)13(7-9)22-14(23)8-21-10-2-4-11(5-3-10)24-15(18,19)20/h1-7,21H,8H2,(H,22,23). The van der Waals surface area contributed by atoms with Gasteiger partial charge in [0.2, 0.25) is 5.91 Å². The van der Waals surface area contributed by atoms with Gasteiger partial charge in [-0.15, -0.1) is 13.2 Å². The van der Waals surface area contributed by atoms with Crippen LogP contribution in [0.15, 0.2) is 42.5 Å². The van der Waals surface area contributed by atoms with Crippen molar-refractivity contribution in [3.63, 3.8) is 0 Å². The molecule has 0 aliphatic carbocycles. The van der Waals surface area contributed by atoms with Gasteiger partial charge in [0.15, 0.2) is 0 Å². The summed E-state index contributed by atoms with van der Waals surface area (Å²) in [5.41, 5.74) is 0.821. The molecule has 2 aromatic carbocycles. The molecule has 1 amide bonds. The maximum absolute atomic E-state index is 12.1. The van der Waals surface area contributed by atoms with Crippen LogP contribution >= 0.6 is 23.2 Å². The second-order valence-corrected chi connectivity index (χ2v) is 5.44. The van der Waals surface area contributed by atoms with Crippen LogP contribution in [0.5, 0.6) is 5.75 Å². The lowest BCUT2D eigenvalue weighted by Crippen LogP contribution is -2.22. The van der Waals surface area contributed by atoms with Crippen molar-refractivity contribution in [1.82, 2.24) is 0 Å². The van der Waals surface area contributed by atoms with Gasteiger partial charge in [-0.25, -0.2) is 0 Å². The van der Waals surface area contributed by atoms with Gasteiger partial charge in [0.25, 0.3) is 0 Å². The molecule has 2 aromatic rings. The summed E-state index contributed by atoms with van der Waals surface area (Å²) in [5.74, 6) is -0.738. The highest BCUT2D eigenvalue weighted by Gasteiger charge is 2.30. The second kappa shape index (κ2) is 7.63. The fraction of sp³-hybridized carbons (Fsp3) is 0.133. The van der Waals surface area contributed by atoms with Gasteiger partial charge in [-0.2, -0.15) is 0 Å². The summed E-state index contributed by atoms with van der Waals surface area (Å²) in [7, 11) is 0. The number of carbonyl (C=O) groups excluding carboxylic acids is 1.